The SMILES string of the molecule is CC1CC1CC(=O)N1CCSCC1. The van der Waals surface area contributed by atoms with Gasteiger partial charge in [-0.3, -0.25) is 4.79 Å². The Bertz CT molecular complexity index is 201. The summed E-state index contributed by atoms with van der Waals surface area (Å²) in [7, 11) is 0. The van der Waals surface area contributed by atoms with Crippen LogP contribution in [0.4, 0.5) is 0 Å². The van der Waals surface area contributed by atoms with E-state index in [1.807, 2.05) is 16.7 Å². The molecule has 13 heavy (non-hydrogen) atoms. The first-order valence-corrected chi connectivity index (χ1v) is 6.28. The van der Waals surface area contributed by atoms with Gasteiger partial charge in [-0.15, -0.1) is 0 Å². The highest BCUT2D eigenvalue weighted by Crippen LogP contribution is 2.40. The third-order valence-electron chi connectivity index (χ3n) is 3.08. The second-order valence-electron chi connectivity index (χ2n) is 4.17. The molecule has 3 heteroatoms. The molecule has 0 N–H and O–H groups in total. The summed E-state index contributed by atoms with van der Waals surface area (Å²) in [4.78, 5) is 13.8. The largest absolute Gasteiger partial charge is 0.341 e. The molecule has 0 spiro atoms. The summed E-state index contributed by atoms with van der Waals surface area (Å²) in [6.07, 6.45) is 2.08. The predicted octanol–water partition coefficient (Wildman–Crippen LogP) is 1.61. The Hall–Kier alpha value is -0.180. The van der Waals surface area contributed by atoms with Gasteiger partial charge in [-0.05, 0) is 18.3 Å². The van der Waals surface area contributed by atoms with Crippen LogP contribution < -0.4 is 0 Å². The topological polar surface area (TPSA) is 20.3 Å². The highest BCUT2D eigenvalue weighted by molar-refractivity contribution is 7.99. The Morgan fingerprint density at radius 2 is 2.08 bits per heavy atom. The molecule has 0 aromatic carbocycles. The van der Waals surface area contributed by atoms with E-state index in [1.54, 1.807) is 0 Å². The Morgan fingerprint density at radius 1 is 1.46 bits per heavy atom. The minimum absolute atomic E-state index is 0.398. The van der Waals surface area contributed by atoms with E-state index < -0.39 is 0 Å². The van der Waals surface area contributed by atoms with E-state index in [1.165, 1.54) is 6.42 Å². The lowest BCUT2D eigenvalue weighted by atomic mass is 10.2. The lowest BCUT2D eigenvalue weighted by molar-refractivity contribution is -0.131. The van der Waals surface area contributed by atoms with Crippen LogP contribution in [0.1, 0.15) is 19.8 Å². The van der Waals surface area contributed by atoms with Crippen LogP contribution in [0, 0.1) is 11.8 Å². The quantitative estimate of drug-likeness (QED) is 0.673. The fourth-order valence-corrected chi connectivity index (χ4v) is 2.75. The molecule has 1 amide bonds. The van der Waals surface area contributed by atoms with E-state index in [-0.39, 0.29) is 0 Å². The lowest BCUT2D eigenvalue weighted by Crippen LogP contribution is -2.38. The fourth-order valence-electron chi connectivity index (χ4n) is 1.85. The number of carbonyl (C=O) groups is 1. The third-order valence-corrected chi connectivity index (χ3v) is 4.02. The standard InChI is InChI=1S/C10H17NOS/c1-8-6-9(8)7-10(12)11-2-4-13-5-3-11/h8-9H,2-7H2,1H3. The Kier molecular flexibility index (Phi) is 2.82. The Morgan fingerprint density at radius 3 is 2.62 bits per heavy atom. The highest BCUT2D eigenvalue weighted by Gasteiger charge is 2.35. The molecule has 0 radical (unpaired) electrons. The van der Waals surface area contributed by atoms with Gasteiger partial charge in [-0.2, -0.15) is 11.8 Å². The van der Waals surface area contributed by atoms with E-state index in [9.17, 15) is 4.79 Å². The summed E-state index contributed by atoms with van der Waals surface area (Å²) in [5.41, 5.74) is 0. The first kappa shape index (κ1) is 9.38. The third kappa shape index (κ3) is 2.39. The van der Waals surface area contributed by atoms with Gasteiger partial charge in [-0.25, -0.2) is 0 Å². The van der Waals surface area contributed by atoms with Gasteiger partial charge in [0.2, 0.25) is 5.91 Å². The normalized spacial score (nSPS) is 33.2. The maximum atomic E-state index is 11.7. The smallest absolute Gasteiger partial charge is 0.222 e. The molecule has 2 fully saturated rings. The van der Waals surface area contributed by atoms with Gasteiger partial charge in [-0.1, -0.05) is 6.92 Å². The van der Waals surface area contributed by atoms with Crippen molar-refractivity contribution < 1.29 is 4.79 Å². The van der Waals surface area contributed by atoms with Crippen LogP contribution in [-0.4, -0.2) is 35.4 Å². The molecule has 2 aliphatic rings. The molecule has 1 aliphatic heterocycles. The van der Waals surface area contributed by atoms with Crippen molar-refractivity contribution in [1.82, 2.24) is 4.90 Å². The Labute approximate surface area is 84.1 Å². The number of nitrogens with zero attached hydrogens (tertiary/aromatic N) is 1. The molecule has 0 bridgehead atoms. The summed E-state index contributed by atoms with van der Waals surface area (Å²) in [5.74, 6) is 4.18. The average molecular weight is 199 g/mol. The molecule has 2 rings (SSSR count). The van der Waals surface area contributed by atoms with Crippen LogP contribution in [0.25, 0.3) is 0 Å². The van der Waals surface area contributed by atoms with Crippen LogP contribution in [-0.2, 0) is 4.79 Å². The van der Waals surface area contributed by atoms with E-state index in [2.05, 4.69) is 6.92 Å². The van der Waals surface area contributed by atoms with Gasteiger partial charge in [0.25, 0.3) is 0 Å². The lowest BCUT2D eigenvalue weighted by Gasteiger charge is -2.26. The maximum Gasteiger partial charge on any atom is 0.222 e. The summed E-state index contributed by atoms with van der Waals surface area (Å²) in [5, 5.41) is 0. The molecule has 0 aromatic heterocycles. The minimum Gasteiger partial charge on any atom is -0.341 e. The van der Waals surface area contributed by atoms with Gasteiger partial charge >= 0.3 is 0 Å². The van der Waals surface area contributed by atoms with Crippen molar-refractivity contribution in [3.63, 3.8) is 0 Å². The minimum atomic E-state index is 0.398. The zero-order valence-corrected chi connectivity index (χ0v) is 8.98. The van der Waals surface area contributed by atoms with Crippen LogP contribution in [0.15, 0.2) is 0 Å². The number of thioether (sulfide) groups is 1. The molecule has 74 valence electrons. The van der Waals surface area contributed by atoms with Gasteiger partial charge in [0, 0.05) is 31.0 Å². The van der Waals surface area contributed by atoms with Crippen LogP contribution >= 0.6 is 11.8 Å². The van der Waals surface area contributed by atoms with Gasteiger partial charge < -0.3 is 4.90 Å². The van der Waals surface area contributed by atoms with Crippen molar-refractivity contribution in [2.75, 3.05) is 24.6 Å². The zero-order chi connectivity index (χ0) is 9.26. The van der Waals surface area contributed by atoms with Crippen molar-refractivity contribution in [3.05, 3.63) is 0 Å². The average Bonchev–Trinajstić information content (AvgIpc) is 2.83. The molecular formula is C10H17NOS. The predicted molar refractivity (Wildman–Crippen MR) is 55.8 cm³/mol. The molecule has 1 saturated heterocycles. The highest BCUT2D eigenvalue weighted by atomic mass is 32.2. The monoisotopic (exact) mass is 199 g/mol. The second kappa shape index (κ2) is 3.91. The van der Waals surface area contributed by atoms with E-state index >= 15 is 0 Å². The molecule has 2 atom stereocenters. The fraction of sp³-hybridized carbons (Fsp3) is 0.900. The van der Waals surface area contributed by atoms with Crippen molar-refractivity contribution in [2.24, 2.45) is 11.8 Å². The molecule has 0 aromatic rings. The number of carbonyl (C=O) groups excluding carboxylic acids is 1. The van der Waals surface area contributed by atoms with Crippen LogP contribution in [0.2, 0.25) is 0 Å². The van der Waals surface area contributed by atoms with Gasteiger partial charge in [0.1, 0.15) is 0 Å². The van der Waals surface area contributed by atoms with Crippen molar-refractivity contribution >= 4 is 17.7 Å². The van der Waals surface area contributed by atoms with E-state index in [4.69, 9.17) is 0 Å². The first-order chi connectivity index (χ1) is 6.27. The zero-order valence-electron chi connectivity index (χ0n) is 8.16. The molecule has 1 heterocycles. The first-order valence-electron chi connectivity index (χ1n) is 5.13. The summed E-state index contributed by atoms with van der Waals surface area (Å²) >= 11 is 1.96. The number of amides is 1. The maximum absolute atomic E-state index is 11.7. The molecule has 2 unspecified atom stereocenters. The summed E-state index contributed by atoms with van der Waals surface area (Å²) < 4.78 is 0. The summed E-state index contributed by atoms with van der Waals surface area (Å²) in [6.45, 7) is 4.19. The Balaban J connectivity index is 1.75. The number of rotatable bonds is 2. The second-order valence-corrected chi connectivity index (χ2v) is 5.40. The van der Waals surface area contributed by atoms with Crippen molar-refractivity contribution in [2.45, 2.75) is 19.8 Å². The molecule has 2 nitrogen and oxygen atoms in total. The molecule has 1 saturated carbocycles. The summed E-state index contributed by atoms with van der Waals surface area (Å²) in [6, 6.07) is 0. The van der Waals surface area contributed by atoms with E-state index in [0.717, 1.165) is 36.9 Å². The van der Waals surface area contributed by atoms with Gasteiger partial charge in [0.05, 0.1) is 0 Å². The van der Waals surface area contributed by atoms with Crippen molar-refractivity contribution in [1.29, 1.82) is 0 Å². The molecule has 1 aliphatic carbocycles. The van der Waals surface area contributed by atoms with Crippen LogP contribution in [0.5, 0.6) is 0 Å². The van der Waals surface area contributed by atoms with Crippen LogP contribution in [0.3, 0.4) is 0 Å². The van der Waals surface area contributed by atoms with Crippen molar-refractivity contribution in [3.8, 4) is 0 Å². The van der Waals surface area contributed by atoms with E-state index in [0.29, 0.717) is 11.8 Å². The molecular weight excluding hydrogens is 182 g/mol. The number of hydrogen-bond acceptors (Lipinski definition) is 2. The van der Waals surface area contributed by atoms with Gasteiger partial charge in [0.15, 0.2) is 0 Å². The number of hydrogen-bond donors (Lipinski definition) is 0.